The van der Waals surface area contributed by atoms with Gasteiger partial charge in [0.25, 0.3) is 5.91 Å². The van der Waals surface area contributed by atoms with E-state index < -0.39 is 29.0 Å². The first kappa shape index (κ1) is 14.4. The number of carbonyl (C=O) groups excluding carboxylic acids is 1. The van der Waals surface area contributed by atoms with Gasteiger partial charge in [0.05, 0.1) is 10.0 Å². The topological polar surface area (TPSA) is 55.1 Å². The molecule has 0 saturated carbocycles. The zero-order valence-corrected chi connectivity index (χ0v) is 11.5. The molecule has 3 N–H and O–H groups in total. The predicted octanol–water partition coefficient (Wildman–Crippen LogP) is 3.70. The van der Waals surface area contributed by atoms with Crippen molar-refractivity contribution in [3.05, 3.63) is 57.8 Å². The molecule has 20 heavy (non-hydrogen) atoms. The molecular weight excluding hydrogens is 337 g/mol. The number of nitrogen functional groups attached to an aromatic ring is 1. The molecule has 0 spiro atoms. The molecule has 3 nitrogen and oxygen atoms in total. The molecule has 0 aliphatic heterocycles. The highest BCUT2D eigenvalue weighted by molar-refractivity contribution is 9.10. The number of rotatable bonds is 2. The molecule has 0 unspecified atom stereocenters. The van der Waals surface area contributed by atoms with Crippen molar-refractivity contribution < 1.29 is 18.0 Å². The Kier molecular flexibility index (Phi) is 3.99. The standard InChI is InChI=1S/C13H8BrF3N2O/c14-11-7(2-1-3-10(11)18)13(20)19-12-8(16)4-6(15)5-9(12)17/h1-5H,18H2,(H,19,20). The van der Waals surface area contributed by atoms with E-state index in [0.717, 1.165) is 0 Å². The fourth-order valence-corrected chi connectivity index (χ4v) is 2.01. The SMILES string of the molecule is Nc1cccc(C(=O)Nc2c(F)cc(F)cc2F)c1Br. The van der Waals surface area contributed by atoms with Gasteiger partial charge in [0.2, 0.25) is 0 Å². The lowest BCUT2D eigenvalue weighted by Gasteiger charge is -2.10. The lowest BCUT2D eigenvalue weighted by molar-refractivity contribution is 0.102. The summed E-state index contributed by atoms with van der Waals surface area (Å²) in [4.78, 5) is 12.0. The van der Waals surface area contributed by atoms with Gasteiger partial charge < -0.3 is 11.1 Å². The van der Waals surface area contributed by atoms with Gasteiger partial charge in [0.1, 0.15) is 11.5 Å². The van der Waals surface area contributed by atoms with Crippen LogP contribution in [0.3, 0.4) is 0 Å². The van der Waals surface area contributed by atoms with Crippen molar-refractivity contribution in [3.8, 4) is 0 Å². The van der Waals surface area contributed by atoms with E-state index in [2.05, 4.69) is 15.9 Å². The third-order valence-corrected chi connectivity index (χ3v) is 3.40. The number of benzene rings is 2. The van der Waals surface area contributed by atoms with Crippen LogP contribution in [0.15, 0.2) is 34.8 Å². The van der Waals surface area contributed by atoms with Crippen LogP contribution in [0.1, 0.15) is 10.4 Å². The monoisotopic (exact) mass is 344 g/mol. The summed E-state index contributed by atoms with van der Waals surface area (Å²) in [7, 11) is 0. The molecule has 0 fully saturated rings. The second-order valence-electron chi connectivity index (χ2n) is 3.91. The molecule has 104 valence electrons. The first-order valence-electron chi connectivity index (χ1n) is 5.40. The fraction of sp³-hybridized carbons (Fsp3) is 0. The highest BCUT2D eigenvalue weighted by Crippen LogP contribution is 2.26. The lowest BCUT2D eigenvalue weighted by atomic mass is 10.2. The Bertz CT molecular complexity index is 668. The zero-order valence-electron chi connectivity index (χ0n) is 9.88. The van der Waals surface area contributed by atoms with Crippen LogP contribution in [-0.2, 0) is 0 Å². The molecule has 0 saturated heterocycles. The Hall–Kier alpha value is -2.02. The number of hydrogen-bond acceptors (Lipinski definition) is 2. The van der Waals surface area contributed by atoms with Gasteiger partial charge in [-0.15, -0.1) is 0 Å². The van der Waals surface area contributed by atoms with E-state index in [9.17, 15) is 18.0 Å². The Balaban J connectivity index is 2.36. The summed E-state index contributed by atoms with van der Waals surface area (Å²) in [5, 5.41) is 2.05. The third kappa shape index (κ3) is 2.77. The van der Waals surface area contributed by atoms with Crippen molar-refractivity contribution >= 4 is 33.2 Å². The first-order chi connectivity index (χ1) is 9.40. The Morgan fingerprint density at radius 3 is 2.35 bits per heavy atom. The minimum atomic E-state index is -1.20. The van der Waals surface area contributed by atoms with Crippen LogP contribution in [0, 0.1) is 17.5 Å². The van der Waals surface area contributed by atoms with Crippen molar-refractivity contribution in [1.82, 2.24) is 0 Å². The van der Waals surface area contributed by atoms with Crippen LogP contribution in [-0.4, -0.2) is 5.91 Å². The molecule has 2 rings (SSSR count). The quantitative estimate of drug-likeness (QED) is 0.816. The molecule has 0 aliphatic carbocycles. The van der Waals surface area contributed by atoms with Crippen LogP contribution < -0.4 is 11.1 Å². The van der Waals surface area contributed by atoms with Gasteiger partial charge in [-0.25, -0.2) is 13.2 Å². The van der Waals surface area contributed by atoms with E-state index >= 15 is 0 Å². The summed E-state index contributed by atoms with van der Waals surface area (Å²) in [6.45, 7) is 0. The van der Waals surface area contributed by atoms with Gasteiger partial charge >= 0.3 is 0 Å². The molecular formula is C13H8BrF3N2O. The van der Waals surface area contributed by atoms with Gasteiger partial charge in [-0.1, -0.05) is 6.07 Å². The van der Waals surface area contributed by atoms with Gasteiger partial charge in [0.15, 0.2) is 11.6 Å². The normalized spacial score (nSPS) is 10.4. The van der Waals surface area contributed by atoms with Crippen molar-refractivity contribution in [1.29, 1.82) is 0 Å². The van der Waals surface area contributed by atoms with E-state index in [1.807, 2.05) is 5.32 Å². The number of carbonyl (C=O) groups is 1. The molecule has 2 aromatic carbocycles. The van der Waals surface area contributed by atoms with Crippen LogP contribution in [0.5, 0.6) is 0 Å². The van der Waals surface area contributed by atoms with Gasteiger partial charge in [0, 0.05) is 17.8 Å². The van der Waals surface area contributed by atoms with Crippen molar-refractivity contribution in [2.75, 3.05) is 11.1 Å². The number of halogens is 4. The van der Waals surface area contributed by atoms with Gasteiger partial charge in [-0.05, 0) is 28.1 Å². The summed E-state index contributed by atoms with van der Waals surface area (Å²) in [5.74, 6) is -4.23. The average molecular weight is 345 g/mol. The van der Waals surface area contributed by atoms with Crippen LogP contribution in [0.2, 0.25) is 0 Å². The van der Waals surface area contributed by atoms with Crippen molar-refractivity contribution in [3.63, 3.8) is 0 Å². The molecule has 0 heterocycles. The zero-order chi connectivity index (χ0) is 14.9. The number of anilines is 2. The molecule has 7 heteroatoms. The summed E-state index contributed by atoms with van der Waals surface area (Å²) in [6, 6.07) is 5.46. The molecule has 1 amide bonds. The van der Waals surface area contributed by atoms with E-state index in [0.29, 0.717) is 22.3 Å². The Morgan fingerprint density at radius 2 is 1.75 bits per heavy atom. The van der Waals surface area contributed by atoms with Crippen molar-refractivity contribution in [2.24, 2.45) is 0 Å². The summed E-state index contributed by atoms with van der Waals surface area (Å²) < 4.78 is 39.9. The number of amides is 1. The fourth-order valence-electron chi connectivity index (χ4n) is 1.57. The lowest BCUT2D eigenvalue weighted by Crippen LogP contribution is -2.15. The third-order valence-electron chi connectivity index (χ3n) is 2.52. The molecule has 0 bridgehead atoms. The van der Waals surface area contributed by atoms with Gasteiger partial charge in [-0.3, -0.25) is 4.79 Å². The first-order valence-corrected chi connectivity index (χ1v) is 6.19. The summed E-state index contributed by atoms with van der Waals surface area (Å²) >= 11 is 3.11. The van der Waals surface area contributed by atoms with E-state index in [4.69, 9.17) is 5.73 Å². The maximum Gasteiger partial charge on any atom is 0.257 e. The van der Waals surface area contributed by atoms with Crippen LogP contribution >= 0.6 is 15.9 Å². The largest absolute Gasteiger partial charge is 0.398 e. The second-order valence-corrected chi connectivity index (χ2v) is 4.70. The highest BCUT2D eigenvalue weighted by Gasteiger charge is 2.17. The van der Waals surface area contributed by atoms with E-state index in [1.165, 1.54) is 12.1 Å². The molecule has 2 aromatic rings. The highest BCUT2D eigenvalue weighted by atomic mass is 79.9. The summed E-state index contributed by atoms with van der Waals surface area (Å²) in [5.41, 5.74) is 5.30. The average Bonchev–Trinajstić information content (AvgIpc) is 2.36. The second kappa shape index (κ2) is 5.54. The molecule has 0 aliphatic rings. The van der Waals surface area contributed by atoms with Gasteiger partial charge in [-0.2, -0.15) is 0 Å². The maximum atomic E-state index is 13.4. The number of nitrogens with one attached hydrogen (secondary N) is 1. The summed E-state index contributed by atoms with van der Waals surface area (Å²) in [6.07, 6.45) is 0. The van der Waals surface area contributed by atoms with Crippen LogP contribution in [0.25, 0.3) is 0 Å². The minimum Gasteiger partial charge on any atom is -0.398 e. The Labute approximate surface area is 120 Å². The molecule has 0 atom stereocenters. The minimum absolute atomic E-state index is 0.105. The van der Waals surface area contributed by atoms with E-state index in [-0.39, 0.29) is 5.56 Å². The van der Waals surface area contributed by atoms with Crippen LogP contribution in [0.4, 0.5) is 24.5 Å². The van der Waals surface area contributed by atoms with E-state index in [1.54, 1.807) is 6.07 Å². The number of hydrogen-bond donors (Lipinski definition) is 2. The maximum absolute atomic E-state index is 13.4. The Morgan fingerprint density at radius 1 is 1.15 bits per heavy atom. The number of nitrogens with two attached hydrogens (primary N) is 1. The molecule has 0 radical (unpaired) electrons. The van der Waals surface area contributed by atoms with Crippen molar-refractivity contribution in [2.45, 2.75) is 0 Å². The predicted molar refractivity (Wildman–Crippen MR) is 72.8 cm³/mol. The molecule has 0 aromatic heterocycles. The smallest absolute Gasteiger partial charge is 0.257 e.